The summed E-state index contributed by atoms with van der Waals surface area (Å²) in [6.07, 6.45) is 0. The predicted octanol–water partition coefficient (Wildman–Crippen LogP) is 2.30. The van der Waals surface area contributed by atoms with Gasteiger partial charge in [0.2, 0.25) is 0 Å². The van der Waals surface area contributed by atoms with Crippen LogP contribution < -0.4 is 5.32 Å². The molecule has 3 heteroatoms. The van der Waals surface area contributed by atoms with Gasteiger partial charge in [-0.15, -0.1) is 0 Å². The Hall–Kier alpha value is -0.930. The summed E-state index contributed by atoms with van der Waals surface area (Å²) in [6, 6.07) is 7.88. The number of rotatable bonds is 3. The molecule has 0 saturated carbocycles. The zero-order valence-electron chi connectivity index (χ0n) is 10.7. The molecule has 0 aliphatic carbocycles. The second-order valence-corrected chi connectivity index (χ2v) is 5.20. The van der Waals surface area contributed by atoms with E-state index >= 15 is 0 Å². The van der Waals surface area contributed by atoms with Crippen molar-refractivity contribution in [2.45, 2.75) is 26.1 Å². The van der Waals surface area contributed by atoms with Crippen LogP contribution in [0.4, 0.5) is 4.39 Å². The van der Waals surface area contributed by atoms with Gasteiger partial charge in [0.1, 0.15) is 5.67 Å². The van der Waals surface area contributed by atoms with E-state index in [2.05, 4.69) is 10.2 Å². The van der Waals surface area contributed by atoms with Gasteiger partial charge in [-0.1, -0.05) is 24.3 Å². The first-order chi connectivity index (χ1) is 8.05. The second kappa shape index (κ2) is 5.15. The highest BCUT2D eigenvalue weighted by Crippen LogP contribution is 2.24. The zero-order chi connectivity index (χ0) is 12.3. The molecule has 1 saturated heterocycles. The van der Waals surface area contributed by atoms with E-state index in [4.69, 9.17) is 0 Å². The molecule has 17 heavy (non-hydrogen) atoms. The maximum atomic E-state index is 13.7. The fraction of sp³-hybridized carbons (Fsp3) is 0.571. The third-order valence-electron chi connectivity index (χ3n) is 3.26. The normalized spacial score (nSPS) is 18.3. The van der Waals surface area contributed by atoms with Crippen LogP contribution in [0.3, 0.4) is 0 Å². The molecule has 0 atom stereocenters. The van der Waals surface area contributed by atoms with Gasteiger partial charge in [-0.05, 0) is 25.0 Å². The van der Waals surface area contributed by atoms with Crippen LogP contribution in [0.15, 0.2) is 24.3 Å². The van der Waals surface area contributed by atoms with Crippen LogP contribution in [0.1, 0.15) is 25.0 Å². The highest BCUT2D eigenvalue weighted by molar-refractivity contribution is 5.26. The number of nitrogens with one attached hydrogen (secondary N) is 1. The molecular weight excluding hydrogens is 215 g/mol. The van der Waals surface area contributed by atoms with Crippen LogP contribution in [0.5, 0.6) is 0 Å². The first-order valence-electron chi connectivity index (χ1n) is 6.27. The van der Waals surface area contributed by atoms with Crippen LogP contribution >= 0.6 is 0 Å². The van der Waals surface area contributed by atoms with Crippen LogP contribution in [-0.4, -0.2) is 31.1 Å². The first kappa shape index (κ1) is 12.5. The fourth-order valence-corrected chi connectivity index (χ4v) is 2.13. The smallest absolute Gasteiger partial charge is 0.130 e. The number of benzene rings is 1. The number of nitrogens with zero attached hydrogens (tertiary/aromatic N) is 1. The summed E-state index contributed by atoms with van der Waals surface area (Å²) < 4.78 is 13.7. The van der Waals surface area contributed by atoms with Crippen molar-refractivity contribution in [3.63, 3.8) is 0 Å². The average Bonchev–Trinajstić information content (AvgIpc) is 2.30. The molecule has 0 aromatic heterocycles. The summed E-state index contributed by atoms with van der Waals surface area (Å²) in [5, 5.41) is 3.34. The Labute approximate surface area is 103 Å². The minimum atomic E-state index is -1.24. The summed E-state index contributed by atoms with van der Waals surface area (Å²) in [4.78, 5) is 2.42. The van der Waals surface area contributed by atoms with Gasteiger partial charge in [-0.25, -0.2) is 4.39 Å². The van der Waals surface area contributed by atoms with Gasteiger partial charge in [0.05, 0.1) is 0 Å². The minimum absolute atomic E-state index is 0.751. The average molecular weight is 236 g/mol. The lowest BCUT2D eigenvalue weighted by atomic mass is 9.99. The van der Waals surface area contributed by atoms with Crippen molar-refractivity contribution in [3.05, 3.63) is 35.4 Å². The van der Waals surface area contributed by atoms with Gasteiger partial charge in [-0.2, -0.15) is 0 Å². The monoisotopic (exact) mass is 236 g/mol. The quantitative estimate of drug-likeness (QED) is 0.866. The standard InChI is InChI=1S/C14H21FN2/c1-14(2,15)13-5-3-12(4-6-13)11-17-9-7-16-8-10-17/h3-6,16H,7-11H2,1-2H3. The molecule has 1 aliphatic heterocycles. The SMILES string of the molecule is CC(C)(F)c1ccc(CN2CCNCC2)cc1. The molecular formula is C14H21FN2. The summed E-state index contributed by atoms with van der Waals surface area (Å²) in [7, 11) is 0. The van der Waals surface area contributed by atoms with Crippen molar-refractivity contribution < 1.29 is 4.39 Å². The van der Waals surface area contributed by atoms with E-state index in [1.165, 1.54) is 5.56 Å². The second-order valence-electron chi connectivity index (χ2n) is 5.20. The van der Waals surface area contributed by atoms with E-state index in [0.29, 0.717) is 0 Å². The van der Waals surface area contributed by atoms with Crippen molar-refractivity contribution in [1.29, 1.82) is 0 Å². The van der Waals surface area contributed by atoms with Gasteiger partial charge in [0.15, 0.2) is 0 Å². The molecule has 1 aromatic rings. The number of hydrogen-bond acceptors (Lipinski definition) is 2. The molecule has 1 N–H and O–H groups in total. The van der Waals surface area contributed by atoms with Crippen molar-refractivity contribution >= 4 is 0 Å². The first-order valence-corrected chi connectivity index (χ1v) is 6.27. The maximum absolute atomic E-state index is 13.7. The Morgan fingerprint density at radius 2 is 1.76 bits per heavy atom. The predicted molar refractivity (Wildman–Crippen MR) is 68.7 cm³/mol. The van der Waals surface area contributed by atoms with E-state index < -0.39 is 5.67 Å². The highest BCUT2D eigenvalue weighted by atomic mass is 19.1. The topological polar surface area (TPSA) is 15.3 Å². The molecule has 0 bridgehead atoms. The van der Waals surface area contributed by atoms with E-state index in [9.17, 15) is 4.39 Å². The van der Waals surface area contributed by atoms with Crippen molar-refractivity contribution in [2.24, 2.45) is 0 Å². The Morgan fingerprint density at radius 3 is 2.29 bits per heavy atom. The summed E-state index contributed by atoms with van der Waals surface area (Å²) in [6.45, 7) is 8.48. The molecule has 1 heterocycles. The van der Waals surface area contributed by atoms with Crippen LogP contribution in [0.25, 0.3) is 0 Å². The van der Waals surface area contributed by atoms with E-state index in [1.807, 2.05) is 24.3 Å². The van der Waals surface area contributed by atoms with Crippen LogP contribution in [-0.2, 0) is 12.2 Å². The van der Waals surface area contributed by atoms with Crippen LogP contribution in [0.2, 0.25) is 0 Å². The fourth-order valence-electron chi connectivity index (χ4n) is 2.13. The van der Waals surface area contributed by atoms with Gasteiger partial charge in [0.25, 0.3) is 0 Å². The summed E-state index contributed by atoms with van der Waals surface area (Å²) in [5.41, 5.74) is 0.773. The molecule has 1 aliphatic rings. The molecule has 1 aromatic carbocycles. The van der Waals surface area contributed by atoms with Gasteiger partial charge in [-0.3, -0.25) is 4.90 Å². The van der Waals surface area contributed by atoms with Crippen molar-refractivity contribution in [1.82, 2.24) is 10.2 Å². The van der Waals surface area contributed by atoms with E-state index in [-0.39, 0.29) is 0 Å². The Morgan fingerprint density at radius 1 is 1.18 bits per heavy atom. The van der Waals surface area contributed by atoms with Gasteiger partial charge < -0.3 is 5.32 Å². The molecule has 0 radical (unpaired) electrons. The lowest BCUT2D eigenvalue weighted by molar-refractivity contribution is 0.221. The molecule has 2 nitrogen and oxygen atoms in total. The number of piperazine rings is 1. The Bertz CT molecular complexity index is 347. The zero-order valence-corrected chi connectivity index (χ0v) is 10.7. The maximum Gasteiger partial charge on any atom is 0.130 e. The molecule has 0 unspecified atom stereocenters. The number of halogens is 1. The van der Waals surface area contributed by atoms with E-state index in [0.717, 1.165) is 38.3 Å². The Kier molecular flexibility index (Phi) is 3.79. The lowest BCUT2D eigenvalue weighted by Crippen LogP contribution is -2.42. The minimum Gasteiger partial charge on any atom is -0.314 e. The van der Waals surface area contributed by atoms with E-state index in [1.54, 1.807) is 13.8 Å². The molecule has 94 valence electrons. The third kappa shape index (κ3) is 3.51. The molecule has 1 fully saturated rings. The molecule has 2 rings (SSSR count). The lowest BCUT2D eigenvalue weighted by Gasteiger charge is -2.27. The summed E-state index contributed by atoms with van der Waals surface area (Å²) in [5.74, 6) is 0. The third-order valence-corrected chi connectivity index (χ3v) is 3.26. The summed E-state index contributed by atoms with van der Waals surface area (Å²) >= 11 is 0. The highest BCUT2D eigenvalue weighted by Gasteiger charge is 2.18. The van der Waals surface area contributed by atoms with Crippen LogP contribution in [0, 0.1) is 0 Å². The van der Waals surface area contributed by atoms with Gasteiger partial charge >= 0.3 is 0 Å². The number of hydrogen-bond donors (Lipinski definition) is 1. The van der Waals surface area contributed by atoms with Crippen molar-refractivity contribution in [2.75, 3.05) is 26.2 Å². The largest absolute Gasteiger partial charge is 0.314 e. The Balaban J connectivity index is 1.98. The van der Waals surface area contributed by atoms with Crippen molar-refractivity contribution in [3.8, 4) is 0 Å². The van der Waals surface area contributed by atoms with Gasteiger partial charge in [0, 0.05) is 32.7 Å². The molecule has 0 amide bonds. The number of alkyl halides is 1. The molecule has 0 spiro atoms.